The number of methoxy groups -OCH3 is 1. The van der Waals surface area contributed by atoms with Crippen molar-refractivity contribution in [2.24, 2.45) is 0 Å². The standard InChI is InChI=1S/C10H14N2O/c1-12-4-3-7-5-8(11)6-9(13-2)10(7)12/h5-6H,3-4,11H2,1-2H3. The fourth-order valence-electron chi connectivity index (χ4n) is 1.87. The van der Waals surface area contributed by atoms with Crippen LogP contribution < -0.4 is 15.4 Å². The highest BCUT2D eigenvalue weighted by molar-refractivity contribution is 5.71. The molecule has 1 aromatic rings. The predicted molar refractivity (Wildman–Crippen MR) is 54.4 cm³/mol. The van der Waals surface area contributed by atoms with E-state index in [4.69, 9.17) is 10.5 Å². The van der Waals surface area contributed by atoms with Crippen molar-refractivity contribution in [3.05, 3.63) is 17.7 Å². The van der Waals surface area contributed by atoms with Gasteiger partial charge in [-0.1, -0.05) is 0 Å². The number of hydrogen-bond donors (Lipinski definition) is 1. The van der Waals surface area contributed by atoms with Crippen LogP contribution in [0.5, 0.6) is 5.75 Å². The summed E-state index contributed by atoms with van der Waals surface area (Å²) in [6.45, 7) is 1.05. The molecule has 0 saturated heterocycles. The van der Waals surface area contributed by atoms with Gasteiger partial charge in [0.05, 0.1) is 12.8 Å². The van der Waals surface area contributed by atoms with Crippen molar-refractivity contribution in [2.75, 3.05) is 31.3 Å². The Bertz CT molecular complexity index is 336. The normalized spacial score (nSPS) is 14.5. The number of ether oxygens (including phenoxy) is 1. The highest BCUT2D eigenvalue weighted by Gasteiger charge is 2.20. The third-order valence-corrected chi connectivity index (χ3v) is 2.49. The van der Waals surface area contributed by atoms with Gasteiger partial charge in [0.2, 0.25) is 0 Å². The number of fused-ring (bicyclic) bond motifs is 1. The lowest BCUT2D eigenvalue weighted by Gasteiger charge is -2.16. The van der Waals surface area contributed by atoms with Crippen molar-refractivity contribution >= 4 is 11.4 Å². The molecule has 0 saturated carbocycles. The molecular formula is C10H14N2O. The molecule has 0 radical (unpaired) electrons. The van der Waals surface area contributed by atoms with E-state index in [1.807, 2.05) is 12.1 Å². The summed E-state index contributed by atoms with van der Waals surface area (Å²) in [7, 11) is 3.76. The highest BCUT2D eigenvalue weighted by Crippen LogP contribution is 2.37. The molecule has 2 N–H and O–H groups in total. The summed E-state index contributed by atoms with van der Waals surface area (Å²) >= 11 is 0. The van der Waals surface area contributed by atoms with E-state index in [0.29, 0.717) is 0 Å². The van der Waals surface area contributed by atoms with E-state index >= 15 is 0 Å². The summed E-state index contributed by atoms with van der Waals surface area (Å²) in [5, 5.41) is 0. The van der Waals surface area contributed by atoms with Crippen LogP contribution in [-0.2, 0) is 6.42 Å². The SMILES string of the molecule is COc1cc(N)cc2c1N(C)CC2. The first-order valence-electron chi connectivity index (χ1n) is 4.40. The molecule has 0 spiro atoms. The number of nitrogens with zero attached hydrogens (tertiary/aromatic N) is 1. The van der Waals surface area contributed by atoms with Crippen molar-refractivity contribution in [1.29, 1.82) is 0 Å². The summed E-state index contributed by atoms with van der Waals surface area (Å²) in [6.07, 6.45) is 1.06. The lowest BCUT2D eigenvalue weighted by molar-refractivity contribution is 0.416. The number of nitrogen functional groups attached to an aromatic ring is 1. The molecule has 2 rings (SSSR count). The zero-order valence-corrected chi connectivity index (χ0v) is 8.00. The van der Waals surface area contributed by atoms with Crippen LogP contribution in [0.4, 0.5) is 11.4 Å². The lowest BCUT2D eigenvalue weighted by atomic mass is 10.1. The molecular weight excluding hydrogens is 164 g/mol. The van der Waals surface area contributed by atoms with Crippen molar-refractivity contribution in [3.8, 4) is 5.75 Å². The first kappa shape index (κ1) is 8.23. The Morgan fingerprint density at radius 3 is 2.92 bits per heavy atom. The molecule has 0 aromatic heterocycles. The van der Waals surface area contributed by atoms with Crippen molar-refractivity contribution in [2.45, 2.75) is 6.42 Å². The molecule has 1 aromatic carbocycles. The third-order valence-electron chi connectivity index (χ3n) is 2.49. The van der Waals surface area contributed by atoms with E-state index in [9.17, 15) is 0 Å². The molecule has 3 nitrogen and oxygen atoms in total. The number of nitrogens with two attached hydrogens (primary N) is 1. The number of anilines is 2. The Labute approximate surface area is 78.1 Å². The minimum atomic E-state index is 0.783. The zero-order chi connectivity index (χ0) is 9.42. The van der Waals surface area contributed by atoms with Gasteiger partial charge in [-0.3, -0.25) is 0 Å². The highest BCUT2D eigenvalue weighted by atomic mass is 16.5. The Hall–Kier alpha value is -1.38. The molecule has 0 fully saturated rings. The van der Waals surface area contributed by atoms with Crippen molar-refractivity contribution < 1.29 is 4.74 Å². The van der Waals surface area contributed by atoms with Gasteiger partial charge < -0.3 is 15.4 Å². The van der Waals surface area contributed by atoms with Gasteiger partial charge in [-0.15, -0.1) is 0 Å². The topological polar surface area (TPSA) is 38.5 Å². The molecule has 70 valence electrons. The lowest BCUT2D eigenvalue weighted by Crippen LogP contribution is -2.13. The monoisotopic (exact) mass is 178 g/mol. The average Bonchev–Trinajstić information content (AvgIpc) is 2.46. The zero-order valence-electron chi connectivity index (χ0n) is 8.00. The fraction of sp³-hybridized carbons (Fsp3) is 0.400. The summed E-state index contributed by atoms with van der Waals surface area (Å²) in [4.78, 5) is 2.20. The van der Waals surface area contributed by atoms with Gasteiger partial charge in [-0.25, -0.2) is 0 Å². The van der Waals surface area contributed by atoms with Crippen LogP contribution in [0.15, 0.2) is 12.1 Å². The number of likely N-dealkylation sites (N-methyl/N-ethyl adjacent to an activating group) is 1. The molecule has 13 heavy (non-hydrogen) atoms. The molecule has 0 aliphatic carbocycles. The fourth-order valence-corrected chi connectivity index (χ4v) is 1.87. The van der Waals surface area contributed by atoms with Crippen LogP contribution in [0.3, 0.4) is 0 Å². The van der Waals surface area contributed by atoms with E-state index in [1.54, 1.807) is 7.11 Å². The second-order valence-corrected chi connectivity index (χ2v) is 3.40. The summed E-state index contributed by atoms with van der Waals surface area (Å²) in [5.74, 6) is 0.884. The van der Waals surface area contributed by atoms with Gasteiger partial charge in [0.1, 0.15) is 5.75 Å². The maximum atomic E-state index is 5.75. The van der Waals surface area contributed by atoms with E-state index in [2.05, 4.69) is 11.9 Å². The Balaban J connectivity index is 2.57. The van der Waals surface area contributed by atoms with Gasteiger partial charge in [-0.2, -0.15) is 0 Å². The molecule has 1 aliphatic rings. The van der Waals surface area contributed by atoms with E-state index in [0.717, 1.165) is 24.4 Å². The quantitative estimate of drug-likeness (QED) is 0.658. The summed E-state index contributed by atoms with van der Waals surface area (Å²) in [5.41, 5.74) is 9.02. The predicted octanol–water partition coefficient (Wildman–Crippen LogP) is 1.27. The minimum absolute atomic E-state index is 0.783. The van der Waals surface area contributed by atoms with Gasteiger partial charge in [0.25, 0.3) is 0 Å². The number of rotatable bonds is 1. The molecule has 1 aliphatic heterocycles. The second-order valence-electron chi connectivity index (χ2n) is 3.40. The molecule has 0 bridgehead atoms. The second kappa shape index (κ2) is 2.83. The van der Waals surface area contributed by atoms with Gasteiger partial charge >= 0.3 is 0 Å². The summed E-state index contributed by atoms with van der Waals surface area (Å²) < 4.78 is 5.29. The Morgan fingerprint density at radius 2 is 2.23 bits per heavy atom. The van der Waals surface area contributed by atoms with Crippen LogP contribution in [0, 0.1) is 0 Å². The molecule has 1 heterocycles. The van der Waals surface area contributed by atoms with Crippen LogP contribution in [0.2, 0.25) is 0 Å². The largest absolute Gasteiger partial charge is 0.494 e. The van der Waals surface area contributed by atoms with Crippen LogP contribution in [-0.4, -0.2) is 20.7 Å². The summed E-state index contributed by atoms with van der Waals surface area (Å²) in [6, 6.07) is 3.90. The Morgan fingerprint density at radius 1 is 1.46 bits per heavy atom. The van der Waals surface area contributed by atoms with Gasteiger partial charge in [0.15, 0.2) is 0 Å². The van der Waals surface area contributed by atoms with E-state index in [1.165, 1.54) is 11.3 Å². The van der Waals surface area contributed by atoms with Gasteiger partial charge in [-0.05, 0) is 18.1 Å². The first-order valence-corrected chi connectivity index (χ1v) is 4.40. The molecule has 0 unspecified atom stereocenters. The first-order chi connectivity index (χ1) is 6.22. The maximum absolute atomic E-state index is 5.75. The number of hydrogen-bond acceptors (Lipinski definition) is 3. The maximum Gasteiger partial charge on any atom is 0.144 e. The van der Waals surface area contributed by atoms with Crippen LogP contribution in [0.25, 0.3) is 0 Å². The van der Waals surface area contributed by atoms with Crippen molar-refractivity contribution in [1.82, 2.24) is 0 Å². The third kappa shape index (κ3) is 1.20. The van der Waals surface area contributed by atoms with Crippen LogP contribution >= 0.6 is 0 Å². The van der Waals surface area contributed by atoms with Gasteiger partial charge in [0, 0.05) is 25.3 Å². The minimum Gasteiger partial charge on any atom is -0.494 e. The smallest absolute Gasteiger partial charge is 0.144 e. The Kier molecular flexibility index (Phi) is 1.79. The molecule has 0 atom stereocenters. The van der Waals surface area contributed by atoms with Crippen LogP contribution in [0.1, 0.15) is 5.56 Å². The van der Waals surface area contributed by atoms with E-state index < -0.39 is 0 Å². The van der Waals surface area contributed by atoms with E-state index in [-0.39, 0.29) is 0 Å². The molecule has 3 heteroatoms. The average molecular weight is 178 g/mol. The van der Waals surface area contributed by atoms with Crippen molar-refractivity contribution in [3.63, 3.8) is 0 Å². The number of benzene rings is 1. The molecule has 0 amide bonds.